The van der Waals surface area contributed by atoms with Gasteiger partial charge in [0.05, 0.1) is 6.61 Å². The fourth-order valence-corrected chi connectivity index (χ4v) is 3.13. The molecule has 1 aromatic rings. The molecule has 2 rings (SSSR count). The van der Waals surface area contributed by atoms with Gasteiger partial charge in [-0.05, 0) is 62.6 Å². The Morgan fingerprint density at radius 3 is 2.83 bits per heavy atom. The van der Waals surface area contributed by atoms with Gasteiger partial charge < -0.3 is 9.64 Å². The number of ether oxygens (including phenoxy) is 1. The lowest BCUT2D eigenvalue weighted by molar-refractivity contribution is -0.133. The molecular formula is C19H28FNO2. The average Bonchev–Trinajstić information content (AvgIpc) is 2.58. The van der Waals surface area contributed by atoms with Crippen LogP contribution >= 0.6 is 0 Å². The summed E-state index contributed by atoms with van der Waals surface area (Å²) in [5, 5.41) is 0. The average molecular weight is 321 g/mol. The summed E-state index contributed by atoms with van der Waals surface area (Å²) in [5.74, 6) is 0.563. The van der Waals surface area contributed by atoms with E-state index in [9.17, 15) is 9.18 Å². The van der Waals surface area contributed by atoms with Crippen molar-refractivity contribution in [1.82, 2.24) is 4.90 Å². The molecule has 0 aromatic heterocycles. The minimum Gasteiger partial charge on any atom is -0.381 e. The van der Waals surface area contributed by atoms with Gasteiger partial charge in [-0.2, -0.15) is 0 Å². The number of carbonyl (C=O) groups is 1. The van der Waals surface area contributed by atoms with Crippen LogP contribution in [0.2, 0.25) is 0 Å². The van der Waals surface area contributed by atoms with E-state index in [1.807, 2.05) is 24.0 Å². The van der Waals surface area contributed by atoms with Crippen LogP contribution in [-0.2, 0) is 16.0 Å². The molecule has 0 radical (unpaired) electrons. The van der Waals surface area contributed by atoms with Gasteiger partial charge in [-0.25, -0.2) is 4.39 Å². The molecule has 0 spiro atoms. The maximum atomic E-state index is 12.8. The summed E-state index contributed by atoms with van der Waals surface area (Å²) in [4.78, 5) is 14.3. The number of amides is 1. The van der Waals surface area contributed by atoms with Gasteiger partial charge in [0, 0.05) is 26.1 Å². The number of halogens is 1. The van der Waals surface area contributed by atoms with Crippen LogP contribution in [0.3, 0.4) is 0 Å². The highest BCUT2D eigenvalue weighted by molar-refractivity contribution is 5.76. The molecule has 0 saturated carbocycles. The van der Waals surface area contributed by atoms with E-state index < -0.39 is 0 Å². The lowest BCUT2D eigenvalue weighted by Crippen LogP contribution is -2.41. The molecule has 1 amide bonds. The molecule has 1 aliphatic rings. The van der Waals surface area contributed by atoms with E-state index >= 15 is 0 Å². The maximum absolute atomic E-state index is 12.8. The Morgan fingerprint density at radius 2 is 2.09 bits per heavy atom. The smallest absolute Gasteiger partial charge is 0.222 e. The van der Waals surface area contributed by atoms with Gasteiger partial charge in [-0.15, -0.1) is 0 Å². The summed E-state index contributed by atoms with van der Waals surface area (Å²) in [6.45, 7) is 5.25. The maximum Gasteiger partial charge on any atom is 0.222 e. The molecule has 23 heavy (non-hydrogen) atoms. The Bertz CT molecular complexity index is 475. The summed E-state index contributed by atoms with van der Waals surface area (Å²) >= 11 is 0. The highest BCUT2D eigenvalue weighted by Crippen LogP contribution is 2.18. The van der Waals surface area contributed by atoms with Crippen molar-refractivity contribution in [1.29, 1.82) is 0 Å². The van der Waals surface area contributed by atoms with Crippen LogP contribution in [0.25, 0.3) is 0 Å². The van der Waals surface area contributed by atoms with Crippen molar-refractivity contribution >= 4 is 5.91 Å². The van der Waals surface area contributed by atoms with Crippen LogP contribution in [0.15, 0.2) is 24.3 Å². The first kappa shape index (κ1) is 17.9. The summed E-state index contributed by atoms with van der Waals surface area (Å²) in [5.41, 5.74) is 1.13. The van der Waals surface area contributed by atoms with Crippen molar-refractivity contribution < 1.29 is 13.9 Å². The van der Waals surface area contributed by atoms with Crippen molar-refractivity contribution in [3.05, 3.63) is 35.6 Å². The highest BCUT2D eigenvalue weighted by Gasteiger charge is 2.23. The lowest BCUT2D eigenvalue weighted by Gasteiger charge is -2.32. The van der Waals surface area contributed by atoms with E-state index in [4.69, 9.17) is 4.74 Å². The van der Waals surface area contributed by atoms with Gasteiger partial charge in [0.25, 0.3) is 0 Å². The molecule has 0 aliphatic carbocycles. The van der Waals surface area contributed by atoms with E-state index in [0.717, 1.165) is 64.0 Å². The quantitative estimate of drug-likeness (QED) is 0.681. The minimum atomic E-state index is -0.198. The molecule has 1 fully saturated rings. The summed E-state index contributed by atoms with van der Waals surface area (Å²) in [6, 6.07) is 6.62. The number of hydrogen-bond donors (Lipinski definition) is 0. The monoisotopic (exact) mass is 321 g/mol. The van der Waals surface area contributed by atoms with Crippen LogP contribution in [0, 0.1) is 11.7 Å². The third-order valence-corrected chi connectivity index (χ3v) is 4.45. The third-order valence-electron chi connectivity index (χ3n) is 4.45. The summed E-state index contributed by atoms with van der Waals surface area (Å²) in [7, 11) is 0. The van der Waals surface area contributed by atoms with Crippen LogP contribution in [0.5, 0.6) is 0 Å². The Morgan fingerprint density at radius 1 is 1.30 bits per heavy atom. The minimum absolute atomic E-state index is 0.198. The number of carbonyl (C=O) groups excluding carboxylic acids is 1. The van der Waals surface area contributed by atoms with Gasteiger partial charge >= 0.3 is 0 Å². The van der Waals surface area contributed by atoms with Crippen molar-refractivity contribution in [2.45, 2.75) is 45.4 Å². The highest BCUT2D eigenvalue weighted by atomic mass is 19.1. The van der Waals surface area contributed by atoms with Crippen molar-refractivity contribution in [3.63, 3.8) is 0 Å². The number of nitrogens with zero attached hydrogens (tertiary/aromatic N) is 1. The molecule has 0 bridgehead atoms. The van der Waals surface area contributed by atoms with Gasteiger partial charge in [0.2, 0.25) is 5.91 Å². The molecule has 1 unspecified atom stereocenters. The SMILES string of the molecule is CCOCC1CCCN(C(=O)CCCCc2ccc(F)cc2)C1. The predicted octanol–water partition coefficient (Wildman–Crippen LogP) is 3.81. The van der Waals surface area contributed by atoms with Gasteiger partial charge in [-0.3, -0.25) is 4.79 Å². The fraction of sp³-hybridized carbons (Fsp3) is 0.632. The Kier molecular flexibility index (Phi) is 7.53. The largest absolute Gasteiger partial charge is 0.381 e. The van der Waals surface area contributed by atoms with Gasteiger partial charge in [0.15, 0.2) is 0 Å². The van der Waals surface area contributed by atoms with Crippen LogP contribution in [0.4, 0.5) is 4.39 Å². The number of likely N-dealkylation sites (tertiary alicyclic amines) is 1. The van der Waals surface area contributed by atoms with Crippen molar-refractivity contribution in [3.8, 4) is 0 Å². The summed E-state index contributed by atoms with van der Waals surface area (Å²) < 4.78 is 18.3. The molecule has 1 aliphatic heterocycles. The lowest BCUT2D eigenvalue weighted by atomic mass is 9.98. The zero-order chi connectivity index (χ0) is 16.5. The van der Waals surface area contributed by atoms with Crippen molar-refractivity contribution in [2.24, 2.45) is 5.92 Å². The molecular weight excluding hydrogens is 293 g/mol. The normalized spacial score (nSPS) is 18.2. The van der Waals surface area contributed by atoms with Gasteiger partial charge in [-0.1, -0.05) is 12.1 Å². The Balaban J connectivity index is 1.64. The topological polar surface area (TPSA) is 29.5 Å². The summed E-state index contributed by atoms with van der Waals surface area (Å²) in [6.07, 6.45) is 5.62. The number of hydrogen-bond acceptors (Lipinski definition) is 2. The molecule has 1 atom stereocenters. The molecule has 4 heteroatoms. The van der Waals surface area contributed by atoms with E-state index in [1.165, 1.54) is 12.1 Å². The molecule has 1 heterocycles. The van der Waals surface area contributed by atoms with Crippen LogP contribution in [0.1, 0.15) is 44.6 Å². The number of aryl methyl sites for hydroxylation is 1. The molecule has 1 aromatic carbocycles. The van der Waals surface area contributed by atoms with E-state index in [2.05, 4.69) is 0 Å². The predicted molar refractivity (Wildman–Crippen MR) is 89.8 cm³/mol. The Labute approximate surface area is 138 Å². The Hall–Kier alpha value is -1.42. The van der Waals surface area contributed by atoms with E-state index in [0.29, 0.717) is 12.3 Å². The van der Waals surface area contributed by atoms with Crippen LogP contribution < -0.4 is 0 Å². The first-order valence-electron chi connectivity index (χ1n) is 8.79. The van der Waals surface area contributed by atoms with Crippen LogP contribution in [-0.4, -0.2) is 37.1 Å². The standard InChI is InChI=1S/C19H28FNO2/c1-2-23-15-17-7-5-13-21(14-17)19(22)8-4-3-6-16-9-11-18(20)12-10-16/h9-12,17H,2-8,13-15H2,1H3. The van der Waals surface area contributed by atoms with E-state index in [-0.39, 0.29) is 11.7 Å². The fourth-order valence-electron chi connectivity index (χ4n) is 3.13. The first-order chi connectivity index (χ1) is 11.2. The molecule has 128 valence electrons. The number of piperidine rings is 1. The second-order valence-electron chi connectivity index (χ2n) is 6.34. The van der Waals surface area contributed by atoms with Crippen molar-refractivity contribution in [2.75, 3.05) is 26.3 Å². The third kappa shape index (κ3) is 6.30. The number of unbranched alkanes of at least 4 members (excludes halogenated alkanes) is 1. The number of benzene rings is 1. The number of rotatable bonds is 8. The molecule has 0 N–H and O–H groups in total. The van der Waals surface area contributed by atoms with E-state index in [1.54, 1.807) is 0 Å². The second kappa shape index (κ2) is 9.66. The molecule has 1 saturated heterocycles. The molecule has 3 nitrogen and oxygen atoms in total. The van der Waals surface area contributed by atoms with Gasteiger partial charge in [0.1, 0.15) is 5.82 Å². The second-order valence-corrected chi connectivity index (χ2v) is 6.34. The zero-order valence-electron chi connectivity index (χ0n) is 14.1. The zero-order valence-corrected chi connectivity index (χ0v) is 14.1. The first-order valence-corrected chi connectivity index (χ1v) is 8.79.